The van der Waals surface area contributed by atoms with Gasteiger partial charge in [-0.1, -0.05) is 18.2 Å². The summed E-state index contributed by atoms with van der Waals surface area (Å²) in [6.45, 7) is 1.81. The van der Waals surface area contributed by atoms with E-state index in [4.69, 9.17) is 10.5 Å². The van der Waals surface area contributed by atoms with E-state index in [1.807, 2.05) is 12.1 Å². The van der Waals surface area contributed by atoms with Crippen molar-refractivity contribution >= 4 is 17.3 Å². The summed E-state index contributed by atoms with van der Waals surface area (Å²) in [4.78, 5) is 12.0. The standard InChI is InChI=1S/C16H17N3O2/c1-11(12-5-3-7-14(17)9-12)18-19-16(20)13-6-4-8-15(10-13)21-2/h3-10H,17H2,1-2H3,(H,19,20)/b18-11+. The van der Waals surface area contributed by atoms with Gasteiger partial charge in [0.25, 0.3) is 5.91 Å². The number of amides is 1. The minimum atomic E-state index is -0.294. The number of hydrogen-bond acceptors (Lipinski definition) is 4. The zero-order chi connectivity index (χ0) is 15.2. The molecule has 0 fully saturated rings. The molecule has 2 aromatic carbocycles. The van der Waals surface area contributed by atoms with Crippen molar-refractivity contribution in [3.8, 4) is 5.75 Å². The number of nitrogens with zero attached hydrogens (tertiary/aromatic N) is 1. The molecule has 0 aliphatic carbocycles. The molecule has 0 saturated heterocycles. The van der Waals surface area contributed by atoms with E-state index in [9.17, 15) is 4.79 Å². The van der Waals surface area contributed by atoms with Gasteiger partial charge in [0.05, 0.1) is 12.8 Å². The summed E-state index contributed by atoms with van der Waals surface area (Å²) in [6.07, 6.45) is 0. The van der Waals surface area contributed by atoms with Crippen molar-refractivity contribution in [2.75, 3.05) is 12.8 Å². The van der Waals surface area contributed by atoms with Crippen LogP contribution < -0.4 is 15.9 Å². The Labute approximate surface area is 123 Å². The Bertz CT molecular complexity index is 681. The molecule has 2 aromatic rings. The molecule has 0 atom stereocenters. The third kappa shape index (κ3) is 3.82. The molecule has 0 spiro atoms. The lowest BCUT2D eigenvalue weighted by Gasteiger charge is -2.05. The second kappa shape index (κ2) is 6.56. The lowest BCUT2D eigenvalue weighted by Crippen LogP contribution is -2.19. The quantitative estimate of drug-likeness (QED) is 0.514. The Kier molecular flexibility index (Phi) is 4.56. The highest BCUT2D eigenvalue weighted by molar-refractivity contribution is 6.01. The van der Waals surface area contributed by atoms with Crippen molar-refractivity contribution in [3.63, 3.8) is 0 Å². The molecule has 0 unspecified atom stereocenters. The topological polar surface area (TPSA) is 76.7 Å². The van der Waals surface area contributed by atoms with Gasteiger partial charge in [-0.3, -0.25) is 4.79 Å². The number of nitrogens with one attached hydrogen (secondary N) is 1. The SMILES string of the molecule is COc1cccc(C(=O)N/N=C(\C)c2cccc(N)c2)c1. The maximum atomic E-state index is 12.0. The average Bonchev–Trinajstić information content (AvgIpc) is 2.52. The number of hydrogen-bond donors (Lipinski definition) is 2. The van der Waals surface area contributed by atoms with Crippen LogP contribution in [0.2, 0.25) is 0 Å². The van der Waals surface area contributed by atoms with Crippen LogP contribution >= 0.6 is 0 Å². The van der Waals surface area contributed by atoms with Gasteiger partial charge in [-0.25, -0.2) is 5.43 Å². The van der Waals surface area contributed by atoms with Crippen LogP contribution in [0.5, 0.6) is 5.75 Å². The van der Waals surface area contributed by atoms with Crippen LogP contribution in [0.4, 0.5) is 5.69 Å². The van der Waals surface area contributed by atoms with Gasteiger partial charge in [-0.05, 0) is 42.8 Å². The van der Waals surface area contributed by atoms with Crippen molar-refractivity contribution in [2.24, 2.45) is 5.10 Å². The van der Waals surface area contributed by atoms with Gasteiger partial charge in [0, 0.05) is 11.3 Å². The van der Waals surface area contributed by atoms with E-state index in [-0.39, 0.29) is 5.91 Å². The molecule has 108 valence electrons. The summed E-state index contributed by atoms with van der Waals surface area (Å²) in [5.74, 6) is 0.330. The molecule has 0 aliphatic heterocycles. The van der Waals surface area contributed by atoms with E-state index in [0.717, 1.165) is 5.56 Å². The number of carbonyl (C=O) groups excluding carboxylic acids is 1. The van der Waals surface area contributed by atoms with Crippen molar-refractivity contribution in [1.82, 2.24) is 5.43 Å². The minimum Gasteiger partial charge on any atom is -0.497 e. The van der Waals surface area contributed by atoms with E-state index < -0.39 is 0 Å². The molecule has 0 bridgehead atoms. The number of carbonyl (C=O) groups is 1. The molecule has 21 heavy (non-hydrogen) atoms. The highest BCUT2D eigenvalue weighted by Gasteiger charge is 2.06. The number of nitrogens with two attached hydrogens (primary N) is 1. The van der Waals surface area contributed by atoms with Gasteiger partial charge in [0.15, 0.2) is 0 Å². The molecule has 5 heteroatoms. The fourth-order valence-corrected chi connectivity index (χ4v) is 1.79. The number of ether oxygens (including phenoxy) is 1. The summed E-state index contributed by atoms with van der Waals surface area (Å²) >= 11 is 0. The van der Waals surface area contributed by atoms with Crippen molar-refractivity contribution < 1.29 is 9.53 Å². The van der Waals surface area contributed by atoms with E-state index in [0.29, 0.717) is 22.7 Å². The Morgan fingerprint density at radius 3 is 2.57 bits per heavy atom. The summed E-state index contributed by atoms with van der Waals surface area (Å²) in [6, 6.07) is 14.2. The predicted molar refractivity (Wildman–Crippen MR) is 83.5 cm³/mol. The van der Waals surface area contributed by atoms with E-state index in [2.05, 4.69) is 10.5 Å². The molecule has 0 radical (unpaired) electrons. The maximum Gasteiger partial charge on any atom is 0.271 e. The van der Waals surface area contributed by atoms with Crippen molar-refractivity contribution in [1.29, 1.82) is 0 Å². The molecule has 2 rings (SSSR count). The van der Waals surface area contributed by atoms with Gasteiger partial charge in [-0.15, -0.1) is 0 Å². The van der Waals surface area contributed by atoms with E-state index in [1.54, 1.807) is 50.4 Å². The Balaban J connectivity index is 2.10. The average molecular weight is 283 g/mol. The number of anilines is 1. The predicted octanol–water partition coefficient (Wildman–Crippen LogP) is 2.43. The molecule has 3 N–H and O–H groups in total. The largest absolute Gasteiger partial charge is 0.497 e. The molecule has 0 heterocycles. The number of methoxy groups -OCH3 is 1. The van der Waals surface area contributed by atoms with Crippen LogP contribution in [0.15, 0.2) is 53.6 Å². The second-order valence-corrected chi connectivity index (χ2v) is 4.50. The first-order chi connectivity index (χ1) is 10.1. The molecule has 0 aliphatic rings. The first-order valence-corrected chi connectivity index (χ1v) is 6.45. The second-order valence-electron chi connectivity index (χ2n) is 4.50. The van der Waals surface area contributed by atoms with Crippen molar-refractivity contribution in [3.05, 3.63) is 59.7 Å². The van der Waals surface area contributed by atoms with Gasteiger partial charge in [-0.2, -0.15) is 5.10 Å². The van der Waals surface area contributed by atoms with Gasteiger partial charge >= 0.3 is 0 Å². The summed E-state index contributed by atoms with van der Waals surface area (Å²) in [5.41, 5.74) is 10.9. The highest BCUT2D eigenvalue weighted by Crippen LogP contribution is 2.12. The Hall–Kier alpha value is -2.82. The van der Waals surface area contributed by atoms with Crippen LogP contribution in [0.1, 0.15) is 22.8 Å². The number of rotatable bonds is 4. The number of nitrogen functional groups attached to an aromatic ring is 1. The first-order valence-electron chi connectivity index (χ1n) is 6.45. The first kappa shape index (κ1) is 14.6. The minimum absolute atomic E-state index is 0.294. The van der Waals surface area contributed by atoms with E-state index >= 15 is 0 Å². The molecular formula is C16H17N3O2. The van der Waals surface area contributed by atoms with Gasteiger partial charge in [0.1, 0.15) is 5.75 Å². The fraction of sp³-hybridized carbons (Fsp3) is 0.125. The van der Waals surface area contributed by atoms with Gasteiger partial charge in [0.2, 0.25) is 0 Å². The lowest BCUT2D eigenvalue weighted by atomic mass is 10.1. The van der Waals surface area contributed by atoms with Crippen LogP contribution in [-0.4, -0.2) is 18.7 Å². The summed E-state index contributed by atoms with van der Waals surface area (Å²) in [7, 11) is 1.55. The Morgan fingerprint density at radius 2 is 1.86 bits per heavy atom. The Morgan fingerprint density at radius 1 is 1.14 bits per heavy atom. The molecule has 0 aromatic heterocycles. The van der Waals surface area contributed by atoms with Crippen LogP contribution in [0.25, 0.3) is 0 Å². The summed E-state index contributed by atoms with van der Waals surface area (Å²) in [5, 5.41) is 4.09. The van der Waals surface area contributed by atoms with Crippen LogP contribution in [0, 0.1) is 0 Å². The fourth-order valence-electron chi connectivity index (χ4n) is 1.79. The van der Waals surface area contributed by atoms with Gasteiger partial charge < -0.3 is 10.5 Å². The zero-order valence-corrected chi connectivity index (χ0v) is 12.0. The number of hydrazone groups is 1. The normalized spacial score (nSPS) is 11.0. The molecular weight excluding hydrogens is 266 g/mol. The smallest absolute Gasteiger partial charge is 0.271 e. The highest BCUT2D eigenvalue weighted by atomic mass is 16.5. The van der Waals surface area contributed by atoms with Crippen LogP contribution in [-0.2, 0) is 0 Å². The van der Waals surface area contributed by atoms with Crippen molar-refractivity contribution in [2.45, 2.75) is 6.92 Å². The monoisotopic (exact) mass is 283 g/mol. The van der Waals surface area contributed by atoms with Crippen LogP contribution in [0.3, 0.4) is 0 Å². The molecule has 0 saturated carbocycles. The number of benzene rings is 2. The maximum absolute atomic E-state index is 12.0. The summed E-state index contributed by atoms with van der Waals surface area (Å²) < 4.78 is 5.08. The molecule has 5 nitrogen and oxygen atoms in total. The third-order valence-electron chi connectivity index (χ3n) is 2.96. The lowest BCUT2D eigenvalue weighted by molar-refractivity contribution is 0.0954. The third-order valence-corrected chi connectivity index (χ3v) is 2.96. The van der Waals surface area contributed by atoms with E-state index in [1.165, 1.54) is 0 Å². The molecule has 1 amide bonds. The zero-order valence-electron chi connectivity index (χ0n) is 12.0.